The van der Waals surface area contributed by atoms with E-state index in [-0.39, 0.29) is 6.42 Å². The van der Waals surface area contributed by atoms with E-state index in [9.17, 15) is 4.79 Å². The molecule has 0 bridgehead atoms. The number of carbonyl (C=O) groups is 1. The molecule has 1 atom stereocenters. The third-order valence-electron chi connectivity index (χ3n) is 3.72. The first-order valence-corrected chi connectivity index (χ1v) is 7.56. The van der Waals surface area contributed by atoms with Gasteiger partial charge < -0.3 is 5.11 Å². The molecule has 0 saturated heterocycles. The van der Waals surface area contributed by atoms with Gasteiger partial charge in [-0.05, 0) is 45.2 Å². The van der Waals surface area contributed by atoms with E-state index in [1.54, 1.807) is 0 Å². The Hall–Kier alpha value is -1.35. The Morgan fingerprint density at radius 2 is 1.90 bits per heavy atom. The molecule has 0 amide bonds. The van der Waals surface area contributed by atoms with Gasteiger partial charge in [-0.1, -0.05) is 37.3 Å². The molecule has 0 aromatic heterocycles. The summed E-state index contributed by atoms with van der Waals surface area (Å²) in [6, 6.07) is 11.4. The zero-order chi connectivity index (χ0) is 15.0. The second-order valence-corrected chi connectivity index (χ2v) is 5.58. The molecular weight excluding hydrogens is 250 g/mol. The van der Waals surface area contributed by atoms with Crippen molar-refractivity contribution >= 4 is 5.97 Å². The highest BCUT2D eigenvalue weighted by atomic mass is 16.4. The SMILES string of the molecule is CCC(Cc1ccccc1)N(CCCC(=O)O)C(C)C. The summed E-state index contributed by atoms with van der Waals surface area (Å²) in [5.41, 5.74) is 1.35. The van der Waals surface area contributed by atoms with Gasteiger partial charge in [0, 0.05) is 18.5 Å². The van der Waals surface area contributed by atoms with Crippen molar-refractivity contribution in [2.75, 3.05) is 6.54 Å². The summed E-state index contributed by atoms with van der Waals surface area (Å²) >= 11 is 0. The Bertz CT molecular complexity index is 389. The van der Waals surface area contributed by atoms with E-state index in [2.05, 4.69) is 49.9 Å². The summed E-state index contributed by atoms with van der Waals surface area (Å²) in [5, 5.41) is 8.78. The van der Waals surface area contributed by atoms with Crippen molar-refractivity contribution in [3.63, 3.8) is 0 Å². The topological polar surface area (TPSA) is 40.5 Å². The third-order valence-corrected chi connectivity index (χ3v) is 3.72. The molecule has 1 N–H and O–H groups in total. The molecule has 3 heteroatoms. The Kier molecular flexibility index (Phi) is 7.31. The van der Waals surface area contributed by atoms with Crippen molar-refractivity contribution in [3.8, 4) is 0 Å². The van der Waals surface area contributed by atoms with Crippen molar-refractivity contribution in [3.05, 3.63) is 35.9 Å². The average Bonchev–Trinajstić information content (AvgIpc) is 2.42. The van der Waals surface area contributed by atoms with Gasteiger partial charge in [-0.25, -0.2) is 0 Å². The van der Waals surface area contributed by atoms with Crippen LogP contribution in [-0.4, -0.2) is 34.6 Å². The molecule has 1 rings (SSSR count). The molecule has 0 spiro atoms. The Balaban J connectivity index is 2.63. The second-order valence-electron chi connectivity index (χ2n) is 5.58. The van der Waals surface area contributed by atoms with Gasteiger partial charge in [-0.3, -0.25) is 9.69 Å². The second kappa shape index (κ2) is 8.75. The number of rotatable bonds is 9. The average molecular weight is 277 g/mol. The molecule has 0 heterocycles. The van der Waals surface area contributed by atoms with Crippen molar-refractivity contribution in [1.82, 2.24) is 4.90 Å². The van der Waals surface area contributed by atoms with E-state index in [0.29, 0.717) is 12.1 Å². The van der Waals surface area contributed by atoms with Crippen LogP contribution in [0.1, 0.15) is 45.6 Å². The van der Waals surface area contributed by atoms with Crippen LogP contribution in [0.4, 0.5) is 0 Å². The molecule has 0 saturated carbocycles. The summed E-state index contributed by atoms with van der Waals surface area (Å²) in [5.74, 6) is -0.704. The first-order chi connectivity index (χ1) is 9.54. The molecule has 1 unspecified atom stereocenters. The van der Waals surface area contributed by atoms with E-state index < -0.39 is 5.97 Å². The standard InChI is InChI=1S/C17H27NO2/c1-4-16(13-15-9-6-5-7-10-15)18(14(2)3)12-8-11-17(19)20/h5-7,9-10,14,16H,4,8,11-13H2,1-3H3,(H,19,20). The Labute approximate surface area is 122 Å². The number of nitrogens with zero attached hydrogens (tertiary/aromatic N) is 1. The largest absolute Gasteiger partial charge is 0.481 e. The van der Waals surface area contributed by atoms with Gasteiger partial charge in [-0.2, -0.15) is 0 Å². The lowest BCUT2D eigenvalue weighted by molar-refractivity contribution is -0.137. The predicted molar refractivity (Wildman–Crippen MR) is 82.9 cm³/mol. The van der Waals surface area contributed by atoms with Crippen LogP contribution in [-0.2, 0) is 11.2 Å². The van der Waals surface area contributed by atoms with Gasteiger partial charge in [0.1, 0.15) is 0 Å². The molecule has 1 aromatic carbocycles. The highest BCUT2D eigenvalue weighted by Gasteiger charge is 2.19. The third kappa shape index (κ3) is 5.74. The van der Waals surface area contributed by atoms with Crippen molar-refractivity contribution in [2.45, 2.75) is 58.5 Å². The molecular formula is C17H27NO2. The van der Waals surface area contributed by atoms with E-state index in [1.165, 1.54) is 5.56 Å². The molecule has 1 aromatic rings. The Morgan fingerprint density at radius 3 is 2.40 bits per heavy atom. The van der Waals surface area contributed by atoms with Crippen LogP contribution >= 0.6 is 0 Å². The smallest absolute Gasteiger partial charge is 0.303 e. The van der Waals surface area contributed by atoms with E-state index >= 15 is 0 Å². The number of carboxylic acids is 1. The lowest BCUT2D eigenvalue weighted by atomic mass is 10.0. The maximum absolute atomic E-state index is 10.7. The van der Waals surface area contributed by atoms with Gasteiger partial charge in [0.05, 0.1) is 0 Å². The number of hydrogen-bond donors (Lipinski definition) is 1. The number of carboxylic acid groups (broad SMARTS) is 1. The fourth-order valence-electron chi connectivity index (χ4n) is 2.66. The number of aliphatic carboxylic acids is 1. The molecule has 0 aliphatic rings. The summed E-state index contributed by atoms with van der Waals surface area (Å²) in [6.45, 7) is 7.44. The van der Waals surface area contributed by atoms with E-state index in [0.717, 1.165) is 25.8 Å². The summed E-state index contributed by atoms with van der Waals surface area (Å²) in [7, 11) is 0. The molecule has 0 aliphatic heterocycles. The van der Waals surface area contributed by atoms with E-state index in [4.69, 9.17) is 5.11 Å². The monoisotopic (exact) mass is 277 g/mol. The number of hydrogen-bond acceptors (Lipinski definition) is 2. The molecule has 0 radical (unpaired) electrons. The highest BCUT2D eigenvalue weighted by molar-refractivity contribution is 5.66. The maximum Gasteiger partial charge on any atom is 0.303 e. The maximum atomic E-state index is 10.7. The summed E-state index contributed by atoms with van der Waals surface area (Å²) in [4.78, 5) is 13.1. The predicted octanol–water partition coefficient (Wildman–Crippen LogP) is 3.58. The van der Waals surface area contributed by atoms with Crippen LogP contribution in [0.3, 0.4) is 0 Å². The lowest BCUT2D eigenvalue weighted by Gasteiger charge is -2.34. The minimum Gasteiger partial charge on any atom is -0.481 e. The van der Waals surface area contributed by atoms with Crippen LogP contribution in [0, 0.1) is 0 Å². The molecule has 0 aliphatic carbocycles. The van der Waals surface area contributed by atoms with Gasteiger partial charge in [-0.15, -0.1) is 0 Å². The van der Waals surface area contributed by atoms with Gasteiger partial charge in [0.25, 0.3) is 0 Å². The first-order valence-electron chi connectivity index (χ1n) is 7.56. The van der Waals surface area contributed by atoms with E-state index in [1.807, 2.05) is 6.07 Å². The number of benzene rings is 1. The normalized spacial score (nSPS) is 12.8. The van der Waals surface area contributed by atoms with Gasteiger partial charge in [0.2, 0.25) is 0 Å². The van der Waals surface area contributed by atoms with Crippen molar-refractivity contribution in [1.29, 1.82) is 0 Å². The van der Waals surface area contributed by atoms with Crippen LogP contribution in [0.2, 0.25) is 0 Å². The Morgan fingerprint density at radius 1 is 1.25 bits per heavy atom. The van der Waals surface area contributed by atoms with Crippen LogP contribution in [0.5, 0.6) is 0 Å². The fourth-order valence-corrected chi connectivity index (χ4v) is 2.66. The zero-order valence-electron chi connectivity index (χ0n) is 12.9. The van der Waals surface area contributed by atoms with Crippen LogP contribution < -0.4 is 0 Å². The van der Waals surface area contributed by atoms with Crippen molar-refractivity contribution < 1.29 is 9.90 Å². The minimum atomic E-state index is -0.704. The van der Waals surface area contributed by atoms with Gasteiger partial charge in [0.15, 0.2) is 0 Å². The lowest BCUT2D eigenvalue weighted by Crippen LogP contribution is -2.42. The van der Waals surface area contributed by atoms with Crippen molar-refractivity contribution in [2.24, 2.45) is 0 Å². The van der Waals surface area contributed by atoms with Crippen LogP contribution in [0.15, 0.2) is 30.3 Å². The fraction of sp³-hybridized carbons (Fsp3) is 0.588. The molecule has 3 nitrogen and oxygen atoms in total. The van der Waals surface area contributed by atoms with Crippen LogP contribution in [0.25, 0.3) is 0 Å². The molecule has 112 valence electrons. The van der Waals surface area contributed by atoms with Gasteiger partial charge >= 0.3 is 5.97 Å². The minimum absolute atomic E-state index is 0.255. The summed E-state index contributed by atoms with van der Waals surface area (Å²) in [6.07, 6.45) is 3.09. The highest BCUT2D eigenvalue weighted by Crippen LogP contribution is 2.16. The zero-order valence-corrected chi connectivity index (χ0v) is 12.9. The quantitative estimate of drug-likeness (QED) is 0.750. The molecule has 0 fully saturated rings. The summed E-state index contributed by atoms with van der Waals surface area (Å²) < 4.78 is 0. The first kappa shape index (κ1) is 16.7. The molecule has 20 heavy (non-hydrogen) atoms.